The molecule has 3 rings (SSSR count). The van der Waals surface area contributed by atoms with Gasteiger partial charge in [0.15, 0.2) is 12.5 Å². The average Bonchev–Trinajstić information content (AvgIpc) is 3.15. The van der Waals surface area contributed by atoms with E-state index in [1.54, 1.807) is 0 Å². The van der Waals surface area contributed by atoms with E-state index in [4.69, 9.17) is 4.74 Å². The van der Waals surface area contributed by atoms with Crippen LogP contribution in [0.5, 0.6) is 0 Å². The molecule has 2 aromatic rings. The molecule has 0 radical (unpaired) electrons. The molecule has 1 aromatic carbocycles. The van der Waals surface area contributed by atoms with E-state index < -0.39 is 6.23 Å². The van der Waals surface area contributed by atoms with Crippen molar-refractivity contribution in [2.45, 2.75) is 38.3 Å². The van der Waals surface area contributed by atoms with E-state index in [0.29, 0.717) is 0 Å². The van der Waals surface area contributed by atoms with Crippen LogP contribution in [0, 0.1) is 0 Å². The molecule has 1 saturated heterocycles. The molecule has 4 nitrogen and oxygen atoms in total. The topological polar surface area (TPSA) is 45.3 Å². The first kappa shape index (κ1) is 14.0. The fraction of sp³-hybridized carbons (Fsp3) is 0.353. The molecule has 4 heteroatoms. The Kier molecular flexibility index (Phi) is 3.90. The monoisotopic (exact) mass is 284 g/mol. The van der Waals surface area contributed by atoms with Gasteiger partial charge in [-0.2, -0.15) is 0 Å². The third kappa shape index (κ3) is 2.52. The lowest BCUT2D eigenvalue weighted by Gasteiger charge is -2.30. The summed E-state index contributed by atoms with van der Waals surface area (Å²) in [6.45, 7) is 4.20. The lowest BCUT2D eigenvalue weighted by atomic mass is 10.0. The van der Waals surface area contributed by atoms with Crippen LogP contribution in [0.15, 0.2) is 48.7 Å². The number of aromatic amines is 1. The van der Waals surface area contributed by atoms with Crippen LogP contribution in [0.4, 0.5) is 0 Å². The van der Waals surface area contributed by atoms with Gasteiger partial charge in [0.25, 0.3) is 0 Å². The van der Waals surface area contributed by atoms with Crippen molar-refractivity contribution in [3.8, 4) is 0 Å². The molecular formula is C17H20N2O2. The number of nitrogens with one attached hydrogen (secondary N) is 1. The zero-order valence-electron chi connectivity index (χ0n) is 12.3. The molecule has 1 N–H and O–H groups in total. The van der Waals surface area contributed by atoms with Gasteiger partial charge in [-0.05, 0) is 31.5 Å². The fourth-order valence-corrected chi connectivity index (χ4v) is 3.16. The normalized spacial score (nSPS) is 27.6. The third-order valence-electron chi connectivity index (χ3n) is 4.25. The summed E-state index contributed by atoms with van der Waals surface area (Å²) in [5.41, 5.74) is 2.20. The zero-order valence-corrected chi connectivity index (χ0v) is 12.3. The Morgan fingerprint density at radius 2 is 2.00 bits per heavy atom. The summed E-state index contributed by atoms with van der Waals surface area (Å²) in [4.78, 5) is 16.8. The van der Waals surface area contributed by atoms with Gasteiger partial charge in [0.05, 0.1) is 6.04 Å². The number of carbonyl (C=O) groups excluding carboxylic acids is 1. The summed E-state index contributed by atoms with van der Waals surface area (Å²) in [5, 5.41) is 0. The minimum atomic E-state index is -0.511. The smallest absolute Gasteiger partial charge is 0.168 e. The van der Waals surface area contributed by atoms with Crippen LogP contribution >= 0.6 is 0 Å². The van der Waals surface area contributed by atoms with E-state index in [2.05, 4.69) is 23.7 Å². The Morgan fingerprint density at radius 3 is 2.62 bits per heavy atom. The number of H-pyrrole nitrogens is 1. The summed E-state index contributed by atoms with van der Waals surface area (Å²) in [7, 11) is 0. The molecule has 0 saturated carbocycles. The minimum absolute atomic E-state index is 0.0844. The van der Waals surface area contributed by atoms with Crippen LogP contribution in [0.1, 0.15) is 37.3 Å². The Hall–Kier alpha value is -1.91. The van der Waals surface area contributed by atoms with Gasteiger partial charge in [-0.1, -0.05) is 30.3 Å². The van der Waals surface area contributed by atoms with E-state index in [0.717, 1.165) is 17.5 Å². The molecule has 110 valence electrons. The Labute approximate surface area is 124 Å². The highest BCUT2D eigenvalue weighted by atomic mass is 16.5. The van der Waals surface area contributed by atoms with Crippen LogP contribution in [0.25, 0.3) is 0 Å². The lowest BCUT2D eigenvalue weighted by molar-refractivity contribution is -0.125. The number of carbonyl (C=O) groups is 1. The van der Waals surface area contributed by atoms with Gasteiger partial charge >= 0.3 is 0 Å². The van der Waals surface area contributed by atoms with Crippen LogP contribution < -0.4 is 0 Å². The summed E-state index contributed by atoms with van der Waals surface area (Å²) in [6.07, 6.45) is 2.19. The molecule has 21 heavy (non-hydrogen) atoms. The van der Waals surface area contributed by atoms with Crippen molar-refractivity contribution in [2.24, 2.45) is 0 Å². The van der Waals surface area contributed by atoms with Crippen molar-refractivity contribution >= 4 is 6.29 Å². The van der Waals surface area contributed by atoms with Crippen molar-refractivity contribution in [1.82, 2.24) is 9.88 Å². The van der Waals surface area contributed by atoms with Gasteiger partial charge in [-0.15, -0.1) is 0 Å². The van der Waals surface area contributed by atoms with Crippen molar-refractivity contribution in [2.75, 3.05) is 0 Å². The molecule has 4 atom stereocenters. The number of rotatable bonds is 4. The zero-order chi connectivity index (χ0) is 14.8. The molecule has 0 amide bonds. The van der Waals surface area contributed by atoms with Crippen LogP contribution in [-0.4, -0.2) is 28.4 Å². The number of nitrogens with zero attached hydrogens (tertiary/aromatic N) is 1. The molecule has 0 bridgehead atoms. The highest BCUT2D eigenvalue weighted by Crippen LogP contribution is 2.39. The van der Waals surface area contributed by atoms with Gasteiger partial charge in [0, 0.05) is 17.9 Å². The first-order valence-corrected chi connectivity index (χ1v) is 7.29. The van der Waals surface area contributed by atoms with Gasteiger partial charge in [-0.3, -0.25) is 9.69 Å². The molecule has 1 aromatic heterocycles. The maximum Gasteiger partial charge on any atom is 0.168 e. The number of benzene rings is 1. The standard InChI is InChI=1S/C17H20N2O2/c1-12(15-9-6-10-18-15)19-13(2)17(21-16(19)11-20)14-7-4-3-5-8-14/h3-13,16-18H,1-2H3. The Morgan fingerprint density at radius 1 is 1.24 bits per heavy atom. The van der Waals surface area contributed by atoms with Crippen molar-refractivity contribution < 1.29 is 9.53 Å². The van der Waals surface area contributed by atoms with E-state index in [1.165, 1.54) is 0 Å². The Bertz CT molecular complexity index is 582. The van der Waals surface area contributed by atoms with Gasteiger partial charge in [0.2, 0.25) is 0 Å². The SMILES string of the molecule is CC(c1ccc[nH]1)N1C(C=O)OC(c2ccccc2)C1C. The molecule has 1 aliphatic heterocycles. The Balaban J connectivity index is 1.88. The molecule has 2 heterocycles. The maximum atomic E-state index is 11.4. The second kappa shape index (κ2) is 5.84. The fourth-order valence-electron chi connectivity index (χ4n) is 3.16. The maximum absolute atomic E-state index is 11.4. The summed E-state index contributed by atoms with van der Waals surface area (Å²) >= 11 is 0. The highest BCUT2D eigenvalue weighted by Gasteiger charge is 2.42. The first-order chi connectivity index (χ1) is 10.2. The van der Waals surface area contributed by atoms with E-state index in [-0.39, 0.29) is 18.2 Å². The quantitative estimate of drug-likeness (QED) is 0.878. The van der Waals surface area contributed by atoms with Crippen LogP contribution in [-0.2, 0) is 9.53 Å². The number of aldehydes is 1. The molecule has 0 aliphatic carbocycles. The number of hydrogen-bond donors (Lipinski definition) is 1. The summed E-state index contributed by atoms with van der Waals surface area (Å²) in [6, 6.07) is 14.3. The number of ether oxygens (including phenoxy) is 1. The highest BCUT2D eigenvalue weighted by molar-refractivity contribution is 5.56. The van der Waals surface area contributed by atoms with E-state index >= 15 is 0 Å². The largest absolute Gasteiger partial charge is 0.364 e. The summed E-state index contributed by atoms with van der Waals surface area (Å²) < 4.78 is 5.98. The molecule has 1 aliphatic rings. The van der Waals surface area contributed by atoms with Crippen molar-refractivity contribution in [1.29, 1.82) is 0 Å². The summed E-state index contributed by atoms with van der Waals surface area (Å²) in [5.74, 6) is 0. The molecule has 4 unspecified atom stereocenters. The number of aromatic nitrogens is 1. The van der Waals surface area contributed by atoms with Crippen molar-refractivity contribution in [3.05, 3.63) is 59.9 Å². The molecule has 1 fully saturated rings. The van der Waals surface area contributed by atoms with Gasteiger partial charge in [-0.25, -0.2) is 0 Å². The predicted octanol–water partition coefficient (Wildman–Crippen LogP) is 3.06. The van der Waals surface area contributed by atoms with Gasteiger partial charge < -0.3 is 9.72 Å². The predicted molar refractivity (Wildman–Crippen MR) is 80.6 cm³/mol. The third-order valence-corrected chi connectivity index (χ3v) is 4.25. The number of hydrogen-bond acceptors (Lipinski definition) is 3. The second-order valence-corrected chi connectivity index (χ2v) is 5.48. The van der Waals surface area contributed by atoms with Crippen LogP contribution in [0.2, 0.25) is 0 Å². The average molecular weight is 284 g/mol. The second-order valence-electron chi connectivity index (χ2n) is 5.48. The lowest BCUT2D eigenvalue weighted by Crippen LogP contribution is -2.38. The van der Waals surface area contributed by atoms with E-state index in [9.17, 15) is 4.79 Å². The minimum Gasteiger partial charge on any atom is -0.364 e. The van der Waals surface area contributed by atoms with E-state index in [1.807, 2.05) is 48.7 Å². The first-order valence-electron chi connectivity index (χ1n) is 7.29. The van der Waals surface area contributed by atoms with Crippen molar-refractivity contribution in [3.63, 3.8) is 0 Å². The van der Waals surface area contributed by atoms with Gasteiger partial charge in [0.1, 0.15) is 6.10 Å². The molecular weight excluding hydrogens is 264 g/mol. The van der Waals surface area contributed by atoms with Crippen LogP contribution in [0.3, 0.4) is 0 Å². The molecule has 0 spiro atoms.